The second-order valence-electron chi connectivity index (χ2n) is 7.77. The van der Waals surface area contributed by atoms with Gasteiger partial charge < -0.3 is 15.1 Å². The van der Waals surface area contributed by atoms with Crippen LogP contribution >= 0.6 is 11.8 Å². The van der Waals surface area contributed by atoms with Gasteiger partial charge in [0.25, 0.3) is 5.91 Å². The summed E-state index contributed by atoms with van der Waals surface area (Å²) in [4.78, 5) is 18.5. The lowest BCUT2D eigenvalue weighted by Gasteiger charge is -2.34. The second kappa shape index (κ2) is 8.45. The summed E-state index contributed by atoms with van der Waals surface area (Å²) in [5, 5.41) is 3.09. The molecule has 1 fully saturated rings. The molecule has 1 aromatic rings. The predicted molar refractivity (Wildman–Crippen MR) is 107 cm³/mol. The highest BCUT2D eigenvalue weighted by Gasteiger charge is 2.21. The van der Waals surface area contributed by atoms with Crippen LogP contribution in [0.3, 0.4) is 0 Å². The third kappa shape index (κ3) is 4.91. The minimum atomic E-state index is 0.0483. The Bertz CT molecular complexity index is 597. The summed E-state index contributed by atoms with van der Waals surface area (Å²) in [5.41, 5.74) is 1.95. The smallest absolute Gasteiger partial charge is 0.251 e. The first-order chi connectivity index (χ1) is 12.0. The molecular formula is C20H31N3OS. The number of thioether (sulfide) groups is 1. The number of rotatable bonds is 5. The quantitative estimate of drug-likeness (QED) is 0.816. The number of fused-ring (bicyclic) bond motifs is 1. The van der Waals surface area contributed by atoms with E-state index in [1.165, 1.54) is 30.1 Å². The zero-order valence-corrected chi connectivity index (χ0v) is 16.6. The Morgan fingerprint density at radius 3 is 2.80 bits per heavy atom. The van der Waals surface area contributed by atoms with Crippen LogP contribution in [0.2, 0.25) is 0 Å². The number of piperidine rings is 1. The zero-order valence-electron chi connectivity index (χ0n) is 15.8. The fraction of sp³-hybridized carbons (Fsp3) is 0.650. The number of likely N-dealkylation sites (tertiary alicyclic amines) is 1. The van der Waals surface area contributed by atoms with Gasteiger partial charge in [0.15, 0.2) is 0 Å². The number of carbonyl (C=O) groups excluding carboxylic acids is 1. The zero-order chi connectivity index (χ0) is 17.8. The van der Waals surface area contributed by atoms with Gasteiger partial charge in [-0.25, -0.2) is 0 Å². The minimum absolute atomic E-state index is 0.0483. The molecule has 0 aliphatic carbocycles. The van der Waals surface area contributed by atoms with E-state index in [1.54, 1.807) is 0 Å². The van der Waals surface area contributed by atoms with Crippen LogP contribution in [0.1, 0.15) is 37.0 Å². The van der Waals surface area contributed by atoms with Crippen LogP contribution in [0.5, 0.6) is 0 Å². The molecule has 4 nitrogen and oxygen atoms in total. The molecule has 0 saturated carbocycles. The van der Waals surface area contributed by atoms with Crippen molar-refractivity contribution in [1.82, 2.24) is 10.2 Å². The maximum absolute atomic E-state index is 12.4. The van der Waals surface area contributed by atoms with Crippen molar-refractivity contribution in [1.29, 1.82) is 0 Å². The normalized spacial score (nSPS) is 24.0. The number of hydrogen-bond acceptors (Lipinski definition) is 4. The SMILES string of the molecule is C[C@H]1C[C@H](C)CN(CCCNC(=O)c2ccc3c(c2)N(C)CCS3)C1. The molecule has 138 valence electrons. The molecule has 3 rings (SSSR count). The third-order valence-electron chi connectivity index (χ3n) is 5.20. The second-order valence-corrected chi connectivity index (χ2v) is 8.90. The molecule has 1 aromatic carbocycles. The van der Waals surface area contributed by atoms with Crippen LogP contribution in [0.15, 0.2) is 23.1 Å². The van der Waals surface area contributed by atoms with E-state index >= 15 is 0 Å². The van der Waals surface area contributed by atoms with E-state index in [2.05, 4.69) is 42.1 Å². The summed E-state index contributed by atoms with van der Waals surface area (Å²) in [6.07, 6.45) is 2.37. The van der Waals surface area contributed by atoms with Gasteiger partial charge in [-0.1, -0.05) is 13.8 Å². The van der Waals surface area contributed by atoms with Crippen molar-refractivity contribution in [3.8, 4) is 0 Å². The van der Waals surface area contributed by atoms with Crippen molar-refractivity contribution in [2.45, 2.75) is 31.6 Å². The highest BCUT2D eigenvalue weighted by atomic mass is 32.2. The van der Waals surface area contributed by atoms with Crippen molar-refractivity contribution >= 4 is 23.4 Å². The average molecular weight is 362 g/mol. The van der Waals surface area contributed by atoms with Gasteiger partial charge in [-0.05, 0) is 49.4 Å². The third-order valence-corrected chi connectivity index (χ3v) is 6.24. The van der Waals surface area contributed by atoms with Gasteiger partial charge in [0.2, 0.25) is 0 Å². The maximum Gasteiger partial charge on any atom is 0.251 e. The van der Waals surface area contributed by atoms with Gasteiger partial charge >= 0.3 is 0 Å². The Morgan fingerprint density at radius 1 is 1.28 bits per heavy atom. The molecule has 0 spiro atoms. The first-order valence-electron chi connectivity index (χ1n) is 9.51. The van der Waals surface area contributed by atoms with Crippen molar-refractivity contribution in [3.05, 3.63) is 23.8 Å². The Kier molecular flexibility index (Phi) is 6.29. The van der Waals surface area contributed by atoms with Crippen molar-refractivity contribution < 1.29 is 4.79 Å². The van der Waals surface area contributed by atoms with Gasteiger partial charge in [-0.15, -0.1) is 11.8 Å². The van der Waals surface area contributed by atoms with Crippen LogP contribution in [-0.2, 0) is 0 Å². The number of nitrogens with one attached hydrogen (secondary N) is 1. The molecule has 0 unspecified atom stereocenters. The first-order valence-corrected chi connectivity index (χ1v) is 10.5. The van der Waals surface area contributed by atoms with Gasteiger partial charge in [0.1, 0.15) is 0 Å². The topological polar surface area (TPSA) is 35.6 Å². The van der Waals surface area contributed by atoms with Gasteiger partial charge in [0.05, 0.1) is 5.69 Å². The van der Waals surface area contributed by atoms with E-state index in [0.717, 1.165) is 49.2 Å². The molecule has 1 N–H and O–H groups in total. The average Bonchev–Trinajstić information content (AvgIpc) is 2.58. The Morgan fingerprint density at radius 2 is 2.04 bits per heavy atom. The lowest BCUT2D eigenvalue weighted by atomic mass is 9.92. The molecule has 0 aromatic heterocycles. The molecular weight excluding hydrogens is 330 g/mol. The molecule has 1 amide bonds. The molecule has 2 heterocycles. The van der Waals surface area contributed by atoms with Crippen LogP contribution in [0, 0.1) is 11.8 Å². The molecule has 1 saturated heterocycles. The first kappa shape index (κ1) is 18.6. The molecule has 25 heavy (non-hydrogen) atoms. The van der Waals surface area contributed by atoms with Crippen LogP contribution < -0.4 is 10.2 Å². The fourth-order valence-corrected chi connectivity index (χ4v) is 5.19. The summed E-state index contributed by atoms with van der Waals surface area (Å²) >= 11 is 1.87. The monoisotopic (exact) mass is 361 g/mol. The summed E-state index contributed by atoms with van der Waals surface area (Å²) in [6.45, 7) is 9.96. The minimum Gasteiger partial charge on any atom is -0.373 e. The van der Waals surface area contributed by atoms with E-state index in [4.69, 9.17) is 0 Å². The number of nitrogens with zero attached hydrogens (tertiary/aromatic N) is 2. The number of hydrogen-bond donors (Lipinski definition) is 1. The van der Waals surface area contributed by atoms with Gasteiger partial charge in [-0.3, -0.25) is 4.79 Å². The van der Waals surface area contributed by atoms with Crippen molar-refractivity contribution in [2.24, 2.45) is 11.8 Å². The molecule has 2 aliphatic rings. The highest BCUT2D eigenvalue weighted by molar-refractivity contribution is 7.99. The van der Waals surface area contributed by atoms with Crippen LogP contribution in [0.25, 0.3) is 0 Å². The number of carbonyl (C=O) groups is 1. The van der Waals surface area contributed by atoms with E-state index in [-0.39, 0.29) is 5.91 Å². The Hall–Kier alpha value is -1.20. The highest BCUT2D eigenvalue weighted by Crippen LogP contribution is 2.34. The lowest BCUT2D eigenvalue weighted by molar-refractivity contribution is 0.0947. The number of amides is 1. The van der Waals surface area contributed by atoms with Crippen LogP contribution in [-0.4, -0.2) is 56.3 Å². The van der Waals surface area contributed by atoms with Crippen molar-refractivity contribution in [3.63, 3.8) is 0 Å². The van der Waals surface area contributed by atoms with E-state index in [1.807, 2.05) is 23.9 Å². The standard InChI is InChI=1S/C20H31N3OS/c1-15-11-16(2)14-23(13-15)8-4-7-21-20(24)17-5-6-19-18(12-17)22(3)9-10-25-19/h5-6,12,15-16H,4,7-11,13-14H2,1-3H3,(H,21,24)/t15-,16-/m0/s1. The molecule has 2 aliphatic heterocycles. The summed E-state index contributed by atoms with van der Waals surface area (Å²) in [6, 6.07) is 6.07. The van der Waals surface area contributed by atoms with Crippen LogP contribution in [0.4, 0.5) is 5.69 Å². The maximum atomic E-state index is 12.4. The predicted octanol–water partition coefficient (Wildman–Crippen LogP) is 3.33. The van der Waals surface area contributed by atoms with E-state index in [0.29, 0.717) is 0 Å². The van der Waals surface area contributed by atoms with Crippen molar-refractivity contribution in [2.75, 3.05) is 50.4 Å². The lowest BCUT2D eigenvalue weighted by Crippen LogP contribution is -2.40. The van der Waals surface area contributed by atoms with Gasteiger partial charge in [-0.2, -0.15) is 0 Å². The number of anilines is 1. The van der Waals surface area contributed by atoms with E-state index < -0.39 is 0 Å². The molecule has 2 atom stereocenters. The van der Waals surface area contributed by atoms with E-state index in [9.17, 15) is 4.79 Å². The Balaban J connectivity index is 1.46. The Labute approximate surface area is 156 Å². The summed E-state index contributed by atoms with van der Waals surface area (Å²) < 4.78 is 0. The molecule has 5 heteroatoms. The van der Waals surface area contributed by atoms with Gasteiger partial charge in [0, 0.05) is 49.4 Å². The summed E-state index contributed by atoms with van der Waals surface area (Å²) in [7, 11) is 2.10. The fourth-order valence-electron chi connectivity index (χ4n) is 4.07. The molecule has 0 radical (unpaired) electrons. The number of benzene rings is 1. The summed E-state index contributed by atoms with van der Waals surface area (Å²) in [5.74, 6) is 2.75. The largest absolute Gasteiger partial charge is 0.373 e. The molecule has 0 bridgehead atoms.